The van der Waals surface area contributed by atoms with Crippen LogP contribution in [0.2, 0.25) is 10.0 Å². The zero-order valence-electron chi connectivity index (χ0n) is 12.4. The monoisotopic (exact) mass is 338 g/mol. The van der Waals surface area contributed by atoms with Gasteiger partial charge in [0.1, 0.15) is 0 Å². The molecule has 0 aliphatic carbocycles. The van der Waals surface area contributed by atoms with Crippen LogP contribution >= 0.6 is 23.2 Å². The molecule has 0 fully saturated rings. The van der Waals surface area contributed by atoms with Crippen molar-refractivity contribution >= 4 is 29.0 Å². The lowest BCUT2D eigenvalue weighted by atomic mass is 10.0. The Morgan fingerprint density at radius 2 is 1.68 bits per heavy atom. The Morgan fingerprint density at radius 3 is 2.27 bits per heavy atom. The van der Waals surface area contributed by atoms with Crippen LogP contribution in [0.3, 0.4) is 0 Å². The minimum atomic E-state index is -0.0408. The van der Waals surface area contributed by atoms with E-state index in [-0.39, 0.29) is 10.8 Å². The maximum Gasteiger partial charge on any atom is 0.180 e. The molecule has 0 amide bonds. The Bertz CT molecular complexity index is 666. The van der Waals surface area contributed by atoms with Gasteiger partial charge in [-0.25, -0.2) is 0 Å². The Kier molecular flexibility index (Phi) is 5.69. The molecular weight excluding hydrogens is 323 g/mol. The predicted octanol–water partition coefficient (Wildman–Crippen LogP) is 4.83. The number of methoxy groups -OCH3 is 2. The molecule has 2 aromatic rings. The largest absolute Gasteiger partial charge is 0.493 e. The summed E-state index contributed by atoms with van der Waals surface area (Å²) in [4.78, 5) is 12.4. The van der Waals surface area contributed by atoms with Crippen molar-refractivity contribution < 1.29 is 14.3 Å². The van der Waals surface area contributed by atoms with Gasteiger partial charge in [0.25, 0.3) is 0 Å². The van der Waals surface area contributed by atoms with Gasteiger partial charge in [0.15, 0.2) is 17.3 Å². The van der Waals surface area contributed by atoms with Crippen molar-refractivity contribution in [2.75, 3.05) is 14.2 Å². The number of hydrogen-bond acceptors (Lipinski definition) is 3. The van der Waals surface area contributed by atoms with Crippen LogP contribution in [-0.2, 0) is 6.42 Å². The van der Waals surface area contributed by atoms with Gasteiger partial charge >= 0.3 is 0 Å². The fraction of sp³-hybridized carbons (Fsp3) is 0.235. The van der Waals surface area contributed by atoms with Gasteiger partial charge in [0, 0.05) is 17.0 Å². The summed E-state index contributed by atoms with van der Waals surface area (Å²) in [7, 11) is 3.02. The molecular formula is C17H16Cl2O3. The van der Waals surface area contributed by atoms with E-state index in [4.69, 9.17) is 32.7 Å². The van der Waals surface area contributed by atoms with Gasteiger partial charge in [-0.2, -0.15) is 0 Å². The predicted molar refractivity (Wildman–Crippen MR) is 88.7 cm³/mol. The molecule has 0 saturated carbocycles. The number of ether oxygens (including phenoxy) is 2. The number of benzene rings is 2. The third kappa shape index (κ3) is 3.73. The number of halogens is 2. The lowest BCUT2D eigenvalue weighted by Gasteiger charge is -2.12. The topological polar surface area (TPSA) is 35.5 Å². The van der Waals surface area contributed by atoms with Crippen molar-refractivity contribution in [3.63, 3.8) is 0 Å². The molecule has 0 bridgehead atoms. The zero-order valence-corrected chi connectivity index (χ0v) is 13.9. The van der Waals surface area contributed by atoms with Gasteiger partial charge < -0.3 is 9.47 Å². The molecule has 0 radical (unpaired) electrons. The molecule has 0 unspecified atom stereocenters. The summed E-state index contributed by atoms with van der Waals surface area (Å²) >= 11 is 12.1. The number of carbonyl (C=O) groups excluding carboxylic acids is 1. The van der Waals surface area contributed by atoms with Crippen LogP contribution in [0.4, 0.5) is 0 Å². The molecule has 3 nitrogen and oxygen atoms in total. The molecule has 0 saturated heterocycles. The maximum absolute atomic E-state index is 12.4. The average molecular weight is 339 g/mol. The van der Waals surface area contributed by atoms with E-state index >= 15 is 0 Å². The Balaban J connectivity index is 2.14. The minimum absolute atomic E-state index is 0.0408. The summed E-state index contributed by atoms with van der Waals surface area (Å²) in [6.45, 7) is 0. The van der Waals surface area contributed by atoms with Gasteiger partial charge in [-0.3, -0.25) is 4.79 Å². The second-order valence-electron chi connectivity index (χ2n) is 4.71. The van der Waals surface area contributed by atoms with E-state index in [0.717, 1.165) is 5.56 Å². The van der Waals surface area contributed by atoms with Gasteiger partial charge in [-0.05, 0) is 36.2 Å². The van der Waals surface area contributed by atoms with E-state index in [0.29, 0.717) is 34.9 Å². The van der Waals surface area contributed by atoms with Crippen LogP contribution in [0, 0.1) is 0 Å². The SMILES string of the molecule is COc1ccc(C(=O)CCc2ccc(Cl)cc2)c(Cl)c1OC. The molecule has 0 N–H and O–H groups in total. The third-order valence-corrected chi connectivity index (χ3v) is 3.97. The standard InChI is InChI=1S/C17H16Cl2O3/c1-21-15-10-8-13(16(19)17(15)22-2)14(20)9-5-11-3-6-12(18)7-4-11/h3-4,6-8,10H,5,9H2,1-2H3. The highest BCUT2D eigenvalue weighted by atomic mass is 35.5. The molecule has 0 aromatic heterocycles. The van der Waals surface area contributed by atoms with Crippen molar-refractivity contribution in [1.82, 2.24) is 0 Å². The second-order valence-corrected chi connectivity index (χ2v) is 5.53. The lowest BCUT2D eigenvalue weighted by Crippen LogP contribution is -2.04. The Morgan fingerprint density at radius 1 is 1.00 bits per heavy atom. The van der Waals surface area contributed by atoms with Crippen LogP contribution in [0.15, 0.2) is 36.4 Å². The van der Waals surface area contributed by atoms with Crippen molar-refractivity contribution in [1.29, 1.82) is 0 Å². The molecule has 0 heterocycles. The van der Waals surface area contributed by atoms with Crippen LogP contribution in [-0.4, -0.2) is 20.0 Å². The van der Waals surface area contributed by atoms with Crippen molar-refractivity contribution in [2.45, 2.75) is 12.8 Å². The first-order chi connectivity index (χ1) is 10.6. The number of ketones is 1. The Hall–Kier alpha value is -1.71. The number of Topliss-reactive ketones (excluding diaryl/α,β-unsaturated/α-hetero) is 1. The summed E-state index contributed by atoms with van der Waals surface area (Å²) in [5.74, 6) is 0.837. The summed E-state index contributed by atoms with van der Waals surface area (Å²) in [6, 6.07) is 10.8. The minimum Gasteiger partial charge on any atom is -0.493 e. The summed E-state index contributed by atoms with van der Waals surface area (Å²) < 4.78 is 10.4. The van der Waals surface area contributed by atoms with E-state index in [1.165, 1.54) is 14.2 Å². The molecule has 0 atom stereocenters. The molecule has 2 rings (SSSR count). The van der Waals surface area contributed by atoms with Gasteiger partial charge in [-0.15, -0.1) is 0 Å². The number of aryl methyl sites for hydroxylation is 1. The van der Waals surface area contributed by atoms with Gasteiger partial charge in [-0.1, -0.05) is 35.3 Å². The molecule has 0 aliphatic rings. The molecule has 5 heteroatoms. The molecule has 116 valence electrons. The number of rotatable bonds is 6. The highest BCUT2D eigenvalue weighted by Crippen LogP contribution is 2.37. The van der Waals surface area contributed by atoms with E-state index in [9.17, 15) is 4.79 Å². The lowest BCUT2D eigenvalue weighted by molar-refractivity contribution is 0.0982. The first kappa shape index (κ1) is 16.7. The molecule has 2 aromatic carbocycles. The fourth-order valence-corrected chi connectivity index (χ4v) is 2.61. The van der Waals surface area contributed by atoms with Crippen molar-refractivity contribution in [3.8, 4) is 11.5 Å². The number of hydrogen-bond donors (Lipinski definition) is 0. The quantitative estimate of drug-likeness (QED) is 0.708. The van der Waals surface area contributed by atoms with E-state index in [1.54, 1.807) is 12.1 Å². The number of carbonyl (C=O) groups is 1. The van der Waals surface area contributed by atoms with Crippen LogP contribution in [0.1, 0.15) is 22.3 Å². The van der Waals surface area contributed by atoms with E-state index < -0.39 is 0 Å². The van der Waals surface area contributed by atoms with E-state index in [2.05, 4.69) is 0 Å². The first-order valence-electron chi connectivity index (χ1n) is 6.75. The fourth-order valence-electron chi connectivity index (χ4n) is 2.15. The van der Waals surface area contributed by atoms with Crippen LogP contribution < -0.4 is 9.47 Å². The van der Waals surface area contributed by atoms with Gasteiger partial charge in [0.2, 0.25) is 0 Å². The summed E-state index contributed by atoms with van der Waals surface area (Å²) in [5, 5.41) is 0.959. The third-order valence-electron chi connectivity index (χ3n) is 3.34. The highest BCUT2D eigenvalue weighted by Gasteiger charge is 2.17. The van der Waals surface area contributed by atoms with Gasteiger partial charge in [0.05, 0.1) is 19.2 Å². The van der Waals surface area contributed by atoms with Crippen LogP contribution in [0.25, 0.3) is 0 Å². The summed E-state index contributed by atoms with van der Waals surface area (Å²) in [6.07, 6.45) is 0.984. The highest BCUT2D eigenvalue weighted by molar-refractivity contribution is 6.35. The normalized spacial score (nSPS) is 10.4. The van der Waals surface area contributed by atoms with Crippen molar-refractivity contribution in [3.05, 3.63) is 57.6 Å². The first-order valence-corrected chi connectivity index (χ1v) is 7.50. The van der Waals surface area contributed by atoms with E-state index in [1.807, 2.05) is 24.3 Å². The molecule has 0 spiro atoms. The summed E-state index contributed by atoms with van der Waals surface area (Å²) in [5.41, 5.74) is 1.49. The van der Waals surface area contributed by atoms with Crippen LogP contribution in [0.5, 0.6) is 11.5 Å². The second kappa shape index (κ2) is 7.52. The molecule has 22 heavy (non-hydrogen) atoms. The average Bonchev–Trinajstić information content (AvgIpc) is 2.53. The van der Waals surface area contributed by atoms with Crippen molar-refractivity contribution in [2.24, 2.45) is 0 Å². The smallest absolute Gasteiger partial charge is 0.180 e. The Labute approximate surface area is 139 Å². The maximum atomic E-state index is 12.4. The molecule has 0 aliphatic heterocycles. The zero-order chi connectivity index (χ0) is 16.1.